The molecule has 3 nitrogen and oxygen atoms in total. The fourth-order valence-electron chi connectivity index (χ4n) is 1.74. The first-order chi connectivity index (χ1) is 8.10. The van der Waals surface area contributed by atoms with Crippen molar-refractivity contribution in [3.8, 4) is 0 Å². The van der Waals surface area contributed by atoms with Crippen molar-refractivity contribution in [1.29, 1.82) is 0 Å². The van der Waals surface area contributed by atoms with E-state index in [1.54, 1.807) is 7.05 Å². The quantitative estimate of drug-likeness (QED) is 0.774. The van der Waals surface area contributed by atoms with Gasteiger partial charge in [0.15, 0.2) is 6.29 Å². The van der Waals surface area contributed by atoms with Gasteiger partial charge in [-0.05, 0) is 31.2 Å². The average Bonchev–Trinajstić information content (AvgIpc) is 2.27. The molecule has 0 aliphatic rings. The molecule has 1 atom stereocenters. The zero-order valence-electron chi connectivity index (χ0n) is 10.2. The van der Waals surface area contributed by atoms with Crippen LogP contribution in [-0.2, 0) is 15.9 Å². The van der Waals surface area contributed by atoms with Crippen LogP contribution >= 0.6 is 0 Å². The lowest BCUT2D eigenvalue weighted by Crippen LogP contribution is -2.41. The maximum Gasteiger partial charge on any atom is 0.172 e. The van der Waals surface area contributed by atoms with Crippen molar-refractivity contribution in [1.82, 2.24) is 5.32 Å². The maximum atomic E-state index is 13.0. The molecule has 0 aliphatic carbocycles. The summed E-state index contributed by atoms with van der Waals surface area (Å²) in [6.07, 6.45) is -0.0521. The van der Waals surface area contributed by atoms with Gasteiger partial charge in [-0.3, -0.25) is 0 Å². The number of nitrogens with one attached hydrogen (secondary N) is 1. The van der Waals surface area contributed by atoms with E-state index < -0.39 is 17.9 Å². The van der Waals surface area contributed by atoms with Gasteiger partial charge in [0.05, 0.1) is 6.04 Å². The third kappa shape index (κ3) is 4.03. The van der Waals surface area contributed by atoms with Gasteiger partial charge in [0, 0.05) is 20.3 Å². The molecule has 0 aliphatic heterocycles. The molecule has 5 heteroatoms. The highest BCUT2D eigenvalue weighted by Crippen LogP contribution is 2.12. The molecule has 1 unspecified atom stereocenters. The molecule has 1 aromatic carbocycles. The van der Waals surface area contributed by atoms with Crippen LogP contribution < -0.4 is 5.32 Å². The summed E-state index contributed by atoms with van der Waals surface area (Å²) in [7, 11) is 4.78. The van der Waals surface area contributed by atoms with E-state index in [-0.39, 0.29) is 6.04 Å². The smallest absolute Gasteiger partial charge is 0.172 e. The highest BCUT2D eigenvalue weighted by atomic mass is 19.1. The maximum absolute atomic E-state index is 13.0. The second-order valence-electron chi connectivity index (χ2n) is 3.72. The molecule has 0 saturated heterocycles. The number of ether oxygens (including phenoxy) is 2. The Morgan fingerprint density at radius 3 is 2.06 bits per heavy atom. The van der Waals surface area contributed by atoms with Gasteiger partial charge in [0.2, 0.25) is 0 Å². The lowest BCUT2D eigenvalue weighted by atomic mass is 10.1. The van der Waals surface area contributed by atoms with Crippen molar-refractivity contribution in [2.45, 2.75) is 18.8 Å². The van der Waals surface area contributed by atoms with Crippen LogP contribution in [0.15, 0.2) is 18.2 Å². The SMILES string of the molecule is CNC(Cc1cc(F)cc(F)c1)C(OC)OC. The van der Waals surface area contributed by atoms with Crippen LogP contribution in [0.2, 0.25) is 0 Å². The van der Waals surface area contributed by atoms with Crippen molar-refractivity contribution in [3.63, 3.8) is 0 Å². The second-order valence-corrected chi connectivity index (χ2v) is 3.72. The Labute approximate surface area is 99.7 Å². The minimum absolute atomic E-state index is 0.175. The fourth-order valence-corrected chi connectivity index (χ4v) is 1.74. The Hall–Kier alpha value is -1.04. The van der Waals surface area contributed by atoms with Crippen LogP contribution in [0.4, 0.5) is 8.78 Å². The molecule has 17 heavy (non-hydrogen) atoms. The van der Waals surface area contributed by atoms with Gasteiger partial charge in [0.25, 0.3) is 0 Å². The third-order valence-corrected chi connectivity index (χ3v) is 2.54. The van der Waals surface area contributed by atoms with Gasteiger partial charge in [0.1, 0.15) is 11.6 Å². The molecule has 1 rings (SSSR count). The molecular weight excluding hydrogens is 228 g/mol. The summed E-state index contributed by atoms with van der Waals surface area (Å²) in [5.41, 5.74) is 0.556. The number of halogens is 2. The molecule has 0 spiro atoms. The second kappa shape index (κ2) is 6.64. The van der Waals surface area contributed by atoms with Crippen LogP contribution in [0.3, 0.4) is 0 Å². The molecule has 1 aromatic rings. The Kier molecular flexibility index (Phi) is 5.47. The largest absolute Gasteiger partial charge is 0.354 e. The van der Waals surface area contributed by atoms with E-state index in [2.05, 4.69) is 5.32 Å². The molecule has 0 aromatic heterocycles. The number of hydrogen-bond acceptors (Lipinski definition) is 3. The standard InChI is InChI=1S/C12H17F2NO2/c1-15-11(12(16-2)17-3)6-8-4-9(13)7-10(14)5-8/h4-5,7,11-12,15H,6H2,1-3H3. The highest BCUT2D eigenvalue weighted by Gasteiger charge is 2.19. The van der Waals surface area contributed by atoms with Gasteiger partial charge < -0.3 is 14.8 Å². The van der Waals surface area contributed by atoms with Crippen LogP contribution in [0, 0.1) is 11.6 Å². The Balaban J connectivity index is 2.79. The van der Waals surface area contributed by atoms with Crippen molar-refractivity contribution in [3.05, 3.63) is 35.4 Å². The van der Waals surface area contributed by atoms with Crippen molar-refractivity contribution in [2.75, 3.05) is 21.3 Å². The van der Waals surface area contributed by atoms with E-state index >= 15 is 0 Å². The fraction of sp³-hybridized carbons (Fsp3) is 0.500. The van der Waals surface area contributed by atoms with Crippen molar-refractivity contribution in [2.24, 2.45) is 0 Å². The Morgan fingerprint density at radius 1 is 1.12 bits per heavy atom. The van der Waals surface area contributed by atoms with Crippen molar-refractivity contribution >= 4 is 0 Å². The molecule has 0 amide bonds. The van der Waals surface area contributed by atoms with Crippen LogP contribution in [0.5, 0.6) is 0 Å². The minimum Gasteiger partial charge on any atom is -0.354 e. The van der Waals surface area contributed by atoms with E-state index in [9.17, 15) is 8.78 Å². The first kappa shape index (κ1) is 14.0. The molecule has 0 heterocycles. The molecular formula is C12H17F2NO2. The number of hydrogen-bond donors (Lipinski definition) is 1. The van der Waals surface area contributed by atoms with Gasteiger partial charge >= 0.3 is 0 Å². The zero-order valence-corrected chi connectivity index (χ0v) is 10.2. The Morgan fingerprint density at radius 2 is 1.65 bits per heavy atom. The molecule has 0 bridgehead atoms. The van der Waals surface area contributed by atoms with Gasteiger partial charge in [-0.25, -0.2) is 8.78 Å². The van der Waals surface area contributed by atoms with Gasteiger partial charge in [-0.2, -0.15) is 0 Å². The number of benzene rings is 1. The summed E-state index contributed by atoms with van der Waals surface area (Å²) in [5, 5.41) is 3.00. The molecule has 96 valence electrons. The highest BCUT2D eigenvalue weighted by molar-refractivity contribution is 5.19. The normalized spacial score (nSPS) is 13.1. The van der Waals surface area contributed by atoms with E-state index in [0.717, 1.165) is 6.07 Å². The van der Waals surface area contributed by atoms with Crippen LogP contribution in [0.1, 0.15) is 5.56 Å². The zero-order chi connectivity index (χ0) is 12.8. The first-order valence-electron chi connectivity index (χ1n) is 5.28. The summed E-state index contributed by atoms with van der Waals surface area (Å²) < 4.78 is 36.3. The predicted octanol–water partition coefficient (Wildman–Crippen LogP) is 1.71. The average molecular weight is 245 g/mol. The molecule has 0 radical (unpaired) electrons. The molecule has 0 saturated carbocycles. The summed E-state index contributed by atoms with van der Waals surface area (Å²) in [4.78, 5) is 0. The number of methoxy groups -OCH3 is 2. The summed E-state index contributed by atoms with van der Waals surface area (Å²) >= 11 is 0. The first-order valence-corrected chi connectivity index (χ1v) is 5.28. The van der Waals surface area contributed by atoms with Crippen molar-refractivity contribution < 1.29 is 18.3 Å². The predicted molar refractivity (Wildman–Crippen MR) is 60.7 cm³/mol. The van der Waals surface area contributed by atoms with Crippen LogP contribution in [-0.4, -0.2) is 33.6 Å². The summed E-state index contributed by atoms with van der Waals surface area (Å²) in [6.45, 7) is 0. The lowest BCUT2D eigenvalue weighted by molar-refractivity contribution is -0.121. The van der Waals surface area contributed by atoms with Crippen LogP contribution in [0.25, 0.3) is 0 Å². The van der Waals surface area contributed by atoms with Gasteiger partial charge in [-0.15, -0.1) is 0 Å². The Bertz CT molecular complexity index is 336. The number of likely N-dealkylation sites (N-methyl/N-ethyl adjacent to an activating group) is 1. The van der Waals surface area contributed by atoms with E-state index in [0.29, 0.717) is 12.0 Å². The topological polar surface area (TPSA) is 30.5 Å². The third-order valence-electron chi connectivity index (χ3n) is 2.54. The molecule has 0 fully saturated rings. The van der Waals surface area contributed by atoms with E-state index in [1.807, 2.05) is 0 Å². The number of rotatable bonds is 6. The van der Waals surface area contributed by atoms with Gasteiger partial charge in [-0.1, -0.05) is 0 Å². The van der Waals surface area contributed by atoms with E-state index in [4.69, 9.17) is 9.47 Å². The minimum atomic E-state index is -0.582. The monoisotopic (exact) mass is 245 g/mol. The lowest BCUT2D eigenvalue weighted by Gasteiger charge is -2.24. The summed E-state index contributed by atoms with van der Waals surface area (Å²) in [6, 6.07) is 3.28. The van der Waals surface area contributed by atoms with E-state index in [1.165, 1.54) is 26.4 Å². The summed E-state index contributed by atoms with van der Waals surface area (Å²) in [5.74, 6) is -1.16. The molecule has 1 N–H and O–H groups in total.